The van der Waals surface area contributed by atoms with Crippen LogP contribution in [-0.4, -0.2) is 27.5 Å². The van der Waals surface area contributed by atoms with Crippen molar-refractivity contribution in [3.63, 3.8) is 0 Å². The molecule has 0 aliphatic carbocycles. The first-order chi connectivity index (χ1) is 8.25. The zero-order chi connectivity index (χ0) is 11.8. The molecule has 4 nitrogen and oxygen atoms in total. The number of halogens is 2. The first-order valence-corrected chi connectivity index (χ1v) is 5.16. The van der Waals surface area contributed by atoms with Gasteiger partial charge in [0.05, 0.1) is 6.61 Å². The molecule has 2 heterocycles. The third-order valence-electron chi connectivity index (χ3n) is 2.71. The molecule has 0 saturated carbocycles. The summed E-state index contributed by atoms with van der Waals surface area (Å²) in [6.07, 6.45) is 2.74. The minimum Gasteiger partial charge on any atom is -0.370 e. The van der Waals surface area contributed by atoms with E-state index in [4.69, 9.17) is 4.74 Å². The summed E-state index contributed by atoms with van der Waals surface area (Å²) in [6, 6.07) is 3.11. The number of hydrogen-bond acceptors (Lipinski definition) is 3. The lowest BCUT2D eigenvalue weighted by atomic mass is 10.0. The van der Waals surface area contributed by atoms with Crippen molar-refractivity contribution in [1.82, 2.24) is 14.8 Å². The Bertz CT molecular complexity index is 526. The van der Waals surface area contributed by atoms with Crippen LogP contribution in [0.3, 0.4) is 0 Å². The number of benzene rings is 1. The highest BCUT2D eigenvalue weighted by atomic mass is 19.1. The van der Waals surface area contributed by atoms with Gasteiger partial charge in [-0.1, -0.05) is 6.07 Å². The van der Waals surface area contributed by atoms with Crippen LogP contribution in [0.5, 0.6) is 0 Å². The Morgan fingerprint density at radius 3 is 2.82 bits per heavy atom. The van der Waals surface area contributed by atoms with E-state index in [1.807, 2.05) is 0 Å². The number of aromatic nitrogens is 3. The molecule has 1 fully saturated rings. The lowest BCUT2D eigenvalue weighted by Gasteiger charge is -2.15. The van der Waals surface area contributed by atoms with Crippen LogP contribution in [0, 0.1) is 11.6 Å². The van der Waals surface area contributed by atoms with Gasteiger partial charge in [0.25, 0.3) is 0 Å². The van der Waals surface area contributed by atoms with Gasteiger partial charge in [0.1, 0.15) is 36.4 Å². The molecule has 3 rings (SSSR count). The molecule has 1 aromatic heterocycles. The Labute approximate surface area is 95.8 Å². The van der Waals surface area contributed by atoms with Gasteiger partial charge in [0, 0.05) is 11.6 Å². The SMILES string of the molecule is Fc1ccc([C@H]([C@H]2CO2)n2cncn2)c(F)c1. The first kappa shape index (κ1) is 10.3. The topological polar surface area (TPSA) is 43.2 Å². The van der Waals surface area contributed by atoms with Crippen molar-refractivity contribution >= 4 is 0 Å². The molecule has 0 unspecified atom stereocenters. The predicted molar refractivity (Wildman–Crippen MR) is 54.3 cm³/mol. The van der Waals surface area contributed by atoms with Crippen LogP contribution in [0.25, 0.3) is 0 Å². The highest BCUT2D eigenvalue weighted by Crippen LogP contribution is 2.32. The lowest BCUT2D eigenvalue weighted by Crippen LogP contribution is -2.18. The van der Waals surface area contributed by atoms with Crippen LogP contribution >= 0.6 is 0 Å². The van der Waals surface area contributed by atoms with E-state index in [9.17, 15) is 8.78 Å². The van der Waals surface area contributed by atoms with E-state index in [0.717, 1.165) is 6.07 Å². The summed E-state index contributed by atoms with van der Waals surface area (Å²) in [4.78, 5) is 3.83. The first-order valence-electron chi connectivity index (χ1n) is 5.16. The van der Waals surface area contributed by atoms with Gasteiger partial charge in [-0.3, -0.25) is 0 Å². The maximum absolute atomic E-state index is 13.7. The Morgan fingerprint density at radius 2 is 2.24 bits per heavy atom. The van der Waals surface area contributed by atoms with Crippen LogP contribution in [0.1, 0.15) is 11.6 Å². The van der Waals surface area contributed by atoms with E-state index in [1.165, 1.54) is 29.5 Å². The fraction of sp³-hybridized carbons (Fsp3) is 0.273. The van der Waals surface area contributed by atoms with Crippen molar-refractivity contribution < 1.29 is 13.5 Å². The molecule has 17 heavy (non-hydrogen) atoms. The highest BCUT2D eigenvalue weighted by molar-refractivity contribution is 5.24. The molecule has 1 aliphatic heterocycles. The van der Waals surface area contributed by atoms with Gasteiger partial charge in [0.15, 0.2) is 0 Å². The lowest BCUT2D eigenvalue weighted by molar-refractivity contribution is 0.333. The van der Waals surface area contributed by atoms with Gasteiger partial charge in [-0.15, -0.1) is 0 Å². The van der Waals surface area contributed by atoms with Crippen LogP contribution in [0.2, 0.25) is 0 Å². The fourth-order valence-electron chi connectivity index (χ4n) is 1.85. The molecule has 6 heteroatoms. The molecule has 0 spiro atoms. The maximum Gasteiger partial charge on any atom is 0.137 e. The van der Waals surface area contributed by atoms with Crippen molar-refractivity contribution in [3.8, 4) is 0 Å². The number of hydrogen-bond donors (Lipinski definition) is 0. The molecule has 88 valence electrons. The summed E-state index contributed by atoms with van der Waals surface area (Å²) in [5, 5.41) is 3.98. The number of rotatable bonds is 3. The normalized spacial score (nSPS) is 20.2. The van der Waals surface area contributed by atoms with Gasteiger partial charge in [-0.2, -0.15) is 5.10 Å². The minimum atomic E-state index is -0.597. The summed E-state index contributed by atoms with van der Waals surface area (Å²) < 4.78 is 33.3. The maximum atomic E-state index is 13.7. The molecule has 0 bridgehead atoms. The third-order valence-corrected chi connectivity index (χ3v) is 2.71. The van der Waals surface area contributed by atoms with Crippen molar-refractivity contribution in [2.45, 2.75) is 12.1 Å². The second-order valence-corrected chi connectivity index (χ2v) is 3.86. The molecule has 1 saturated heterocycles. The van der Waals surface area contributed by atoms with Gasteiger partial charge < -0.3 is 4.74 Å². The quantitative estimate of drug-likeness (QED) is 0.760. The zero-order valence-corrected chi connectivity index (χ0v) is 8.75. The van der Waals surface area contributed by atoms with Crippen LogP contribution in [0.15, 0.2) is 30.9 Å². The monoisotopic (exact) mass is 237 g/mol. The van der Waals surface area contributed by atoms with E-state index in [1.54, 1.807) is 0 Å². The summed E-state index contributed by atoms with van der Waals surface area (Å²) >= 11 is 0. The second-order valence-electron chi connectivity index (χ2n) is 3.86. The van der Waals surface area contributed by atoms with Gasteiger partial charge in [-0.25, -0.2) is 18.4 Å². The van der Waals surface area contributed by atoms with E-state index < -0.39 is 17.7 Å². The number of nitrogens with zero attached hydrogens (tertiary/aromatic N) is 3. The molecule has 1 aliphatic rings. The van der Waals surface area contributed by atoms with Gasteiger partial charge in [-0.05, 0) is 6.07 Å². The molecule has 1 aromatic carbocycles. The van der Waals surface area contributed by atoms with E-state index in [0.29, 0.717) is 12.2 Å². The zero-order valence-electron chi connectivity index (χ0n) is 8.75. The van der Waals surface area contributed by atoms with Crippen molar-refractivity contribution in [2.75, 3.05) is 6.61 Å². The van der Waals surface area contributed by atoms with Gasteiger partial charge in [0.2, 0.25) is 0 Å². The molecule has 0 N–H and O–H groups in total. The molecule has 0 radical (unpaired) electrons. The fourth-order valence-corrected chi connectivity index (χ4v) is 1.85. The Balaban J connectivity index is 2.04. The number of epoxide rings is 1. The van der Waals surface area contributed by atoms with Crippen molar-refractivity contribution in [1.29, 1.82) is 0 Å². The largest absolute Gasteiger partial charge is 0.370 e. The smallest absolute Gasteiger partial charge is 0.137 e. The van der Waals surface area contributed by atoms with Crippen molar-refractivity contribution in [2.24, 2.45) is 0 Å². The Kier molecular flexibility index (Phi) is 2.36. The van der Waals surface area contributed by atoms with E-state index in [2.05, 4.69) is 10.1 Å². The van der Waals surface area contributed by atoms with Gasteiger partial charge >= 0.3 is 0 Å². The summed E-state index contributed by atoms with van der Waals surface area (Å²) in [6.45, 7) is 0.543. The molecular weight excluding hydrogens is 228 g/mol. The Hall–Kier alpha value is -1.82. The molecule has 0 amide bonds. The summed E-state index contributed by atoms with van der Waals surface area (Å²) in [7, 11) is 0. The standard InChI is InChI=1S/C11H9F2N3O/c12-7-1-2-8(9(13)3-7)11(10-4-17-10)16-6-14-5-15-16/h1-3,5-6,10-11H,4H2/t10-,11-/m1/s1. The van der Waals surface area contributed by atoms with E-state index >= 15 is 0 Å². The summed E-state index contributed by atoms with van der Waals surface area (Å²) in [5.74, 6) is -1.19. The average Bonchev–Trinajstić information content (AvgIpc) is 2.97. The van der Waals surface area contributed by atoms with Crippen molar-refractivity contribution in [3.05, 3.63) is 48.1 Å². The molecule has 2 aromatic rings. The highest BCUT2D eigenvalue weighted by Gasteiger charge is 2.37. The second kappa shape index (κ2) is 3.89. The van der Waals surface area contributed by atoms with Crippen LogP contribution in [-0.2, 0) is 4.74 Å². The van der Waals surface area contributed by atoms with E-state index in [-0.39, 0.29) is 6.10 Å². The van der Waals surface area contributed by atoms with Crippen LogP contribution < -0.4 is 0 Å². The third kappa shape index (κ3) is 1.91. The predicted octanol–water partition coefficient (Wildman–Crippen LogP) is 1.54. The van der Waals surface area contributed by atoms with Crippen LogP contribution in [0.4, 0.5) is 8.78 Å². The molecular formula is C11H9F2N3O. The molecule has 2 atom stereocenters. The summed E-state index contributed by atoms with van der Waals surface area (Å²) in [5.41, 5.74) is 0.361. The minimum absolute atomic E-state index is 0.128. The number of ether oxygens (including phenoxy) is 1. The average molecular weight is 237 g/mol. The Morgan fingerprint density at radius 1 is 1.41 bits per heavy atom.